The van der Waals surface area contributed by atoms with Gasteiger partial charge in [0.1, 0.15) is 0 Å². The van der Waals surface area contributed by atoms with Gasteiger partial charge in [-0.3, -0.25) is 9.89 Å². The van der Waals surface area contributed by atoms with Gasteiger partial charge in [0.2, 0.25) is 0 Å². The van der Waals surface area contributed by atoms with Crippen LogP contribution < -0.4 is 0 Å². The second kappa shape index (κ2) is 5.22. The average Bonchev–Trinajstić information content (AvgIpc) is 2.95. The fourth-order valence-corrected chi connectivity index (χ4v) is 2.51. The maximum Gasteiger partial charge on any atom is 0.256 e. The summed E-state index contributed by atoms with van der Waals surface area (Å²) in [4.78, 5) is 14.5. The van der Waals surface area contributed by atoms with Crippen molar-refractivity contribution in [1.29, 1.82) is 0 Å². The summed E-state index contributed by atoms with van der Waals surface area (Å²) in [7, 11) is 0. The molecule has 1 aromatic carbocycles. The summed E-state index contributed by atoms with van der Waals surface area (Å²) in [6.07, 6.45) is 1.39. The van der Waals surface area contributed by atoms with Crippen LogP contribution in [0.2, 0.25) is 0 Å². The van der Waals surface area contributed by atoms with Crippen LogP contribution >= 0.6 is 0 Å². The molecule has 0 aliphatic carbocycles. The molecule has 2 unspecified atom stereocenters. The zero-order chi connectivity index (χ0) is 14.1. The number of carbonyl (C=O) groups is 1. The number of aromatic amines is 1. The summed E-state index contributed by atoms with van der Waals surface area (Å²) in [6.45, 7) is 2.71. The van der Waals surface area contributed by atoms with E-state index in [2.05, 4.69) is 10.2 Å². The minimum absolute atomic E-state index is 0.0107. The number of para-hydroxylation sites is 1. The number of hydrogen-bond acceptors (Lipinski definition) is 4. The van der Waals surface area contributed by atoms with Crippen LogP contribution in [-0.4, -0.2) is 58.0 Å². The zero-order valence-corrected chi connectivity index (χ0v) is 11.2. The number of aliphatic hydroxyl groups excluding tert-OH is 1. The maximum absolute atomic E-state index is 12.7. The standard InChI is InChI=1S/C14H17N3O3/c1-9-8-20-11(7-18)6-17(9)14(19)12-4-2-3-10-5-15-16-13(10)12/h2-5,9,11,18H,6-8H2,1H3,(H,15,16). The van der Waals surface area contributed by atoms with Crippen molar-refractivity contribution in [2.24, 2.45) is 0 Å². The van der Waals surface area contributed by atoms with Crippen LogP contribution in [0, 0.1) is 0 Å². The van der Waals surface area contributed by atoms with Crippen LogP contribution in [0.4, 0.5) is 0 Å². The molecule has 2 heterocycles. The van der Waals surface area contributed by atoms with Crippen molar-refractivity contribution in [1.82, 2.24) is 15.1 Å². The minimum Gasteiger partial charge on any atom is -0.394 e. The summed E-state index contributed by atoms with van der Waals surface area (Å²) >= 11 is 0. The Hall–Kier alpha value is -1.92. The second-order valence-electron chi connectivity index (χ2n) is 5.08. The largest absolute Gasteiger partial charge is 0.394 e. The van der Waals surface area contributed by atoms with E-state index in [1.165, 1.54) is 0 Å². The molecule has 1 aliphatic rings. The van der Waals surface area contributed by atoms with Crippen molar-refractivity contribution in [2.45, 2.75) is 19.1 Å². The Morgan fingerprint density at radius 2 is 2.45 bits per heavy atom. The first kappa shape index (κ1) is 13.1. The number of carbonyl (C=O) groups excluding carboxylic acids is 1. The lowest BCUT2D eigenvalue weighted by atomic mass is 10.1. The van der Waals surface area contributed by atoms with E-state index in [0.717, 1.165) is 10.9 Å². The van der Waals surface area contributed by atoms with Crippen LogP contribution in [0.3, 0.4) is 0 Å². The first-order valence-corrected chi connectivity index (χ1v) is 6.66. The smallest absolute Gasteiger partial charge is 0.256 e. The molecule has 1 aromatic heterocycles. The zero-order valence-electron chi connectivity index (χ0n) is 11.2. The Balaban J connectivity index is 1.93. The number of morpholine rings is 1. The quantitative estimate of drug-likeness (QED) is 0.849. The summed E-state index contributed by atoms with van der Waals surface area (Å²) in [5.74, 6) is -0.0610. The molecule has 1 fully saturated rings. The van der Waals surface area contributed by atoms with Gasteiger partial charge in [-0.15, -0.1) is 0 Å². The Morgan fingerprint density at radius 3 is 3.25 bits per heavy atom. The van der Waals surface area contributed by atoms with Gasteiger partial charge in [0.05, 0.1) is 42.6 Å². The van der Waals surface area contributed by atoms with Crippen LogP contribution in [0.5, 0.6) is 0 Å². The number of aromatic nitrogens is 2. The number of fused-ring (bicyclic) bond motifs is 1. The van der Waals surface area contributed by atoms with Gasteiger partial charge in [0, 0.05) is 11.9 Å². The topological polar surface area (TPSA) is 78.5 Å². The van der Waals surface area contributed by atoms with Crippen molar-refractivity contribution >= 4 is 16.8 Å². The third-order valence-corrected chi connectivity index (χ3v) is 3.68. The molecule has 1 saturated heterocycles. The van der Waals surface area contributed by atoms with Gasteiger partial charge < -0.3 is 14.7 Å². The fraction of sp³-hybridized carbons (Fsp3) is 0.429. The number of amides is 1. The molecule has 20 heavy (non-hydrogen) atoms. The molecule has 106 valence electrons. The Morgan fingerprint density at radius 1 is 1.60 bits per heavy atom. The van der Waals surface area contributed by atoms with Gasteiger partial charge >= 0.3 is 0 Å². The first-order valence-electron chi connectivity index (χ1n) is 6.66. The lowest BCUT2D eigenvalue weighted by Crippen LogP contribution is -2.52. The van der Waals surface area contributed by atoms with Gasteiger partial charge in [-0.05, 0) is 13.0 Å². The molecule has 2 N–H and O–H groups in total. The van der Waals surface area contributed by atoms with Gasteiger partial charge in [-0.2, -0.15) is 5.10 Å². The van der Waals surface area contributed by atoms with E-state index in [1.807, 2.05) is 19.1 Å². The fourth-order valence-electron chi connectivity index (χ4n) is 2.51. The van der Waals surface area contributed by atoms with Crippen molar-refractivity contribution < 1.29 is 14.6 Å². The molecule has 3 rings (SSSR count). The first-order chi connectivity index (χ1) is 9.70. The third kappa shape index (κ3) is 2.17. The van der Waals surface area contributed by atoms with E-state index in [1.54, 1.807) is 17.2 Å². The number of hydrogen-bond donors (Lipinski definition) is 2. The molecule has 2 atom stereocenters. The average molecular weight is 275 g/mol. The Kier molecular flexibility index (Phi) is 3.42. The van der Waals surface area contributed by atoms with Gasteiger partial charge in [0.15, 0.2) is 0 Å². The number of nitrogens with one attached hydrogen (secondary N) is 1. The molecule has 0 bridgehead atoms. The van der Waals surface area contributed by atoms with E-state index in [9.17, 15) is 9.90 Å². The highest BCUT2D eigenvalue weighted by Gasteiger charge is 2.30. The van der Waals surface area contributed by atoms with Gasteiger partial charge in [-0.1, -0.05) is 12.1 Å². The normalized spacial score (nSPS) is 23.2. The number of H-pyrrole nitrogens is 1. The highest BCUT2D eigenvalue weighted by Crippen LogP contribution is 2.21. The predicted molar refractivity (Wildman–Crippen MR) is 73.4 cm³/mol. The van der Waals surface area contributed by atoms with Crippen LogP contribution in [0.15, 0.2) is 24.4 Å². The molecular weight excluding hydrogens is 258 g/mol. The predicted octanol–water partition coefficient (Wildman–Crippen LogP) is 0.785. The number of nitrogens with zero attached hydrogens (tertiary/aromatic N) is 2. The van der Waals surface area contributed by atoms with E-state index in [-0.39, 0.29) is 24.7 Å². The second-order valence-corrected chi connectivity index (χ2v) is 5.08. The number of rotatable bonds is 2. The van der Waals surface area contributed by atoms with E-state index in [0.29, 0.717) is 18.7 Å². The molecular formula is C14H17N3O3. The molecule has 1 amide bonds. The minimum atomic E-state index is -0.309. The summed E-state index contributed by atoms with van der Waals surface area (Å²) in [6, 6.07) is 5.54. The summed E-state index contributed by atoms with van der Waals surface area (Å²) in [5, 5.41) is 17.0. The molecule has 0 saturated carbocycles. The molecule has 0 radical (unpaired) electrons. The van der Waals surface area contributed by atoms with Crippen molar-refractivity contribution in [3.63, 3.8) is 0 Å². The van der Waals surface area contributed by atoms with Crippen molar-refractivity contribution in [3.05, 3.63) is 30.0 Å². The highest BCUT2D eigenvalue weighted by atomic mass is 16.5. The number of ether oxygens (including phenoxy) is 1. The summed E-state index contributed by atoms with van der Waals surface area (Å²) < 4.78 is 5.46. The highest BCUT2D eigenvalue weighted by molar-refractivity contribution is 6.05. The molecule has 1 aliphatic heterocycles. The van der Waals surface area contributed by atoms with Gasteiger partial charge in [-0.25, -0.2) is 0 Å². The molecule has 0 spiro atoms. The molecule has 6 heteroatoms. The Bertz CT molecular complexity index is 625. The van der Waals surface area contributed by atoms with Crippen LogP contribution in [-0.2, 0) is 4.74 Å². The van der Waals surface area contributed by atoms with E-state index < -0.39 is 0 Å². The number of aliphatic hydroxyl groups is 1. The van der Waals surface area contributed by atoms with Crippen LogP contribution in [0.1, 0.15) is 17.3 Å². The molecule has 6 nitrogen and oxygen atoms in total. The van der Waals surface area contributed by atoms with Crippen LogP contribution in [0.25, 0.3) is 10.9 Å². The van der Waals surface area contributed by atoms with E-state index in [4.69, 9.17) is 4.74 Å². The van der Waals surface area contributed by atoms with Crippen molar-refractivity contribution in [2.75, 3.05) is 19.8 Å². The SMILES string of the molecule is CC1COC(CO)CN1C(=O)c1cccc2cn[nH]c12. The maximum atomic E-state index is 12.7. The lowest BCUT2D eigenvalue weighted by Gasteiger charge is -2.37. The Labute approximate surface area is 116 Å². The monoisotopic (exact) mass is 275 g/mol. The molecule has 2 aromatic rings. The van der Waals surface area contributed by atoms with Crippen molar-refractivity contribution in [3.8, 4) is 0 Å². The van der Waals surface area contributed by atoms with Gasteiger partial charge in [0.25, 0.3) is 5.91 Å². The lowest BCUT2D eigenvalue weighted by molar-refractivity contribution is -0.0667. The number of benzene rings is 1. The van der Waals surface area contributed by atoms with E-state index >= 15 is 0 Å². The summed E-state index contributed by atoms with van der Waals surface area (Å²) in [5.41, 5.74) is 1.35. The third-order valence-electron chi connectivity index (χ3n) is 3.68.